The van der Waals surface area contributed by atoms with E-state index in [-0.39, 0.29) is 17.3 Å². The second kappa shape index (κ2) is 7.48. The molecule has 2 N–H and O–H groups in total. The molecule has 0 fully saturated rings. The van der Waals surface area contributed by atoms with Gasteiger partial charge in [-0.05, 0) is 42.0 Å². The number of hydrogen-bond acceptors (Lipinski definition) is 4. The number of amides is 1. The van der Waals surface area contributed by atoms with Crippen LogP contribution in [0.5, 0.6) is 0 Å². The molecule has 2 heterocycles. The maximum absolute atomic E-state index is 13.6. The summed E-state index contributed by atoms with van der Waals surface area (Å²) >= 11 is 0. The fourth-order valence-corrected chi connectivity index (χ4v) is 2.12. The Balaban J connectivity index is 1.62. The summed E-state index contributed by atoms with van der Waals surface area (Å²) in [6, 6.07) is 9.95. The van der Waals surface area contributed by atoms with Gasteiger partial charge in [-0.1, -0.05) is 0 Å². The van der Waals surface area contributed by atoms with E-state index in [1.165, 1.54) is 18.3 Å². The molecule has 0 spiro atoms. The average Bonchev–Trinajstić information content (AvgIpc) is 2.63. The van der Waals surface area contributed by atoms with Crippen LogP contribution >= 0.6 is 0 Å². The van der Waals surface area contributed by atoms with Crippen molar-refractivity contribution in [3.05, 3.63) is 83.9 Å². The first-order valence-electron chi connectivity index (χ1n) is 7.47. The van der Waals surface area contributed by atoms with Crippen molar-refractivity contribution in [1.82, 2.24) is 15.3 Å². The molecule has 1 aromatic carbocycles. The van der Waals surface area contributed by atoms with Crippen LogP contribution in [0.2, 0.25) is 0 Å². The Morgan fingerprint density at radius 2 is 1.84 bits per heavy atom. The van der Waals surface area contributed by atoms with Gasteiger partial charge in [-0.15, -0.1) is 0 Å². The van der Waals surface area contributed by atoms with Crippen LogP contribution in [0.15, 0.2) is 61.1 Å². The molecule has 0 aliphatic carbocycles. The summed E-state index contributed by atoms with van der Waals surface area (Å²) in [6.07, 6.45) is 4.70. The third kappa shape index (κ3) is 4.35. The first-order chi connectivity index (χ1) is 12.1. The molecule has 0 unspecified atom stereocenters. The first-order valence-corrected chi connectivity index (χ1v) is 7.47. The number of nitrogens with one attached hydrogen (secondary N) is 2. The maximum Gasteiger partial charge on any atom is 0.270 e. The molecule has 3 rings (SSSR count). The second-order valence-electron chi connectivity index (χ2n) is 5.22. The monoisotopic (exact) mass is 340 g/mol. The summed E-state index contributed by atoms with van der Waals surface area (Å²) < 4.78 is 26.5. The van der Waals surface area contributed by atoms with Gasteiger partial charge in [0.15, 0.2) is 0 Å². The Kier molecular flexibility index (Phi) is 4.94. The van der Waals surface area contributed by atoms with Gasteiger partial charge >= 0.3 is 0 Å². The maximum atomic E-state index is 13.6. The van der Waals surface area contributed by atoms with Gasteiger partial charge in [-0.25, -0.2) is 13.8 Å². The highest BCUT2D eigenvalue weighted by Crippen LogP contribution is 2.20. The average molecular weight is 340 g/mol. The topological polar surface area (TPSA) is 66.9 Å². The van der Waals surface area contributed by atoms with E-state index < -0.39 is 11.6 Å². The minimum absolute atomic E-state index is 0.123. The van der Waals surface area contributed by atoms with Crippen molar-refractivity contribution in [2.24, 2.45) is 0 Å². The summed E-state index contributed by atoms with van der Waals surface area (Å²) in [4.78, 5) is 20.0. The number of carbonyl (C=O) groups is 1. The molecule has 5 nitrogen and oxygen atoms in total. The van der Waals surface area contributed by atoms with Gasteiger partial charge < -0.3 is 10.6 Å². The van der Waals surface area contributed by atoms with Gasteiger partial charge in [0, 0.05) is 25.0 Å². The number of carbonyl (C=O) groups excluding carboxylic acids is 1. The predicted molar refractivity (Wildman–Crippen MR) is 89.3 cm³/mol. The van der Waals surface area contributed by atoms with Crippen molar-refractivity contribution < 1.29 is 13.6 Å². The summed E-state index contributed by atoms with van der Waals surface area (Å²) in [7, 11) is 0. The molecule has 0 bridgehead atoms. The fourth-order valence-electron chi connectivity index (χ4n) is 2.12. The predicted octanol–water partition coefficient (Wildman–Crippen LogP) is 3.43. The van der Waals surface area contributed by atoms with Gasteiger partial charge in [0.25, 0.3) is 5.91 Å². The molecule has 0 aliphatic heterocycles. The molecule has 7 heteroatoms. The normalized spacial score (nSPS) is 10.3. The SMILES string of the molecule is O=C(NCc1ccncc1)c1ccc(Nc2ccc(F)cc2F)cn1. The standard InChI is InChI=1S/C18H14F2N4O/c19-13-1-3-16(15(20)9-13)24-14-2-4-17(22-11-14)18(25)23-10-12-5-7-21-8-6-12/h1-9,11,24H,10H2,(H,23,25). The van der Waals surface area contributed by atoms with Gasteiger partial charge in [-0.3, -0.25) is 9.78 Å². The van der Waals surface area contributed by atoms with E-state index in [2.05, 4.69) is 20.6 Å². The van der Waals surface area contributed by atoms with Crippen molar-refractivity contribution in [3.8, 4) is 0 Å². The smallest absolute Gasteiger partial charge is 0.270 e. The second-order valence-corrected chi connectivity index (χ2v) is 5.22. The third-order valence-corrected chi connectivity index (χ3v) is 3.41. The van der Waals surface area contributed by atoms with Crippen molar-refractivity contribution in [2.75, 3.05) is 5.32 Å². The molecule has 3 aromatic rings. The molecular weight excluding hydrogens is 326 g/mol. The van der Waals surface area contributed by atoms with Crippen LogP contribution in [0.3, 0.4) is 0 Å². The molecule has 0 aliphatic rings. The zero-order chi connectivity index (χ0) is 17.6. The van der Waals surface area contributed by atoms with Crippen LogP contribution < -0.4 is 10.6 Å². The van der Waals surface area contributed by atoms with Crippen LogP contribution in [0.25, 0.3) is 0 Å². The molecule has 0 saturated heterocycles. The quantitative estimate of drug-likeness (QED) is 0.747. The number of hydrogen-bond donors (Lipinski definition) is 2. The number of halogens is 2. The fraction of sp³-hybridized carbons (Fsp3) is 0.0556. The molecule has 2 aromatic heterocycles. The van der Waals surface area contributed by atoms with Gasteiger partial charge in [0.05, 0.1) is 17.6 Å². The Morgan fingerprint density at radius 1 is 1.04 bits per heavy atom. The van der Waals surface area contributed by atoms with E-state index in [0.29, 0.717) is 12.2 Å². The molecule has 0 radical (unpaired) electrons. The van der Waals surface area contributed by atoms with Crippen molar-refractivity contribution in [3.63, 3.8) is 0 Å². The Bertz CT molecular complexity index is 870. The number of nitrogens with zero attached hydrogens (tertiary/aromatic N) is 2. The van der Waals surface area contributed by atoms with E-state index in [0.717, 1.165) is 17.7 Å². The lowest BCUT2D eigenvalue weighted by Crippen LogP contribution is -2.23. The Morgan fingerprint density at radius 3 is 2.52 bits per heavy atom. The van der Waals surface area contributed by atoms with Crippen molar-refractivity contribution in [2.45, 2.75) is 6.54 Å². The van der Waals surface area contributed by atoms with E-state index in [9.17, 15) is 13.6 Å². The molecule has 0 saturated carbocycles. The summed E-state index contributed by atoms with van der Waals surface area (Å²) in [5.41, 5.74) is 1.77. The highest BCUT2D eigenvalue weighted by atomic mass is 19.1. The molecular formula is C18H14F2N4O. The Hall–Kier alpha value is -3.35. The number of pyridine rings is 2. The zero-order valence-electron chi connectivity index (χ0n) is 13.0. The zero-order valence-corrected chi connectivity index (χ0v) is 13.0. The first kappa shape index (κ1) is 16.5. The highest BCUT2D eigenvalue weighted by molar-refractivity contribution is 5.92. The van der Waals surface area contributed by atoms with Crippen LogP contribution in [0.4, 0.5) is 20.2 Å². The number of rotatable bonds is 5. The van der Waals surface area contributed by atoms with E-state index in [1.54, 1.807) is 30.6 Å². The van der Waals surface area contributed by atoms with E-state index in [4.69, 9.17) is 0 Å². The number of aromatic nitrogens is 2. The van der Waals surface area contributed by atoms with Crippen LogP contribution in [0, 0.1) is 11.6 Å². The van der Waals surface area contributed by atoms with Crippen molar-refractivity contribution >= 4 is 17.3 Å². The minimum Gasteiger partial charge on any atom is -0.352 e. The summed E-state index contributed by atoms with van der Waals surface area (Å²) in [6.45, 7) is 0.365. The summed E-state index contributed by atoms with van der Waals surface area (Å²) in [5.74, 6) is -1.68. The number of benzene rings is 1. The molecule has 126 valence electrons. The largest absolute Gasteiger partial charge is 0.352 e. The van der Waals surface area contributed by atoms with Gasteiger partial charge in [-0.2, -0.15) is 0 Å². The van der Waals surface area contributed by atoms with Crippen LogP contribution in [-0.2, 0) is 6.54 Å². The summed E-state index contributed by atoms with van der Waals surface area (Å²) in [5, 5.41) is 5.53. The molecule has 1 amide bonds. The molecule has 0 atom stereocenters. The highest BCUT2D eigenvalue weighted by Gasteiger charge is 2.08. The van der Waals surface area contributed by atoms with Gasteiger partial charge in [0.1, 0.15) is 17.3 Å². The van der Waals surface area contributed by atoms with Gasteiger partial charge in [0.2, 0.25) is 0 Å². The lowest BCUT2D eigenvalue weighted by atomic mass is 10.2. The van der Waals surface area contributed by atoms with Crippen LogP contribution in [-0.4, -0.2) is 15.9 Å². The Labute approximate surface area is 142 Å². The third-order valence-electron chi connectivity index (χ3n) is 3.41. The van der Waals surface area contributed by atoms with Crippen molar-refractivity contribution in [1.29, 1.82) is 0 Å². The lowest BCUT2D eigenvalue weighted by molar-refractivity contribution is 0.0946. The van der Waals surface area contributed by atoms with Crippen LogP contribution in [0.1, 0.15) is 16.1 Å². The minimum atomic E-state index is -0.709. The van der Waals surface area contributed by atoms with E-state index in [1.807, 2.05) is 0 Å². The lowest BCUT2D eigenvalue weighted by Gasteiger charge is -2.08. The number of anilines is 2. The molecule has 25 heavy (non-hydrogen) atoms. The van der Waals surface area contributed by atoms with E-state index >= 15 is 0 Å².